The molecule has 5 nitrogen and oxygen atoms in total. The van der Waals surface area contributed by atoms with E-state index in [0.29, 0.717) is 0 Å². The summed E-state index contributed by atoms with van der Waals surface area (Å²) in [6, 6.07) is 10.3. The molecule has 0 spiro atoms. The molecule has 0 bridgehead atoms. The van der Waals surface area contributed by atoms with E-state index < -0.39 is 0 Å². The van der Waals surface area contributed by atoms with Gasteiger partial charge in [0, 0.05) is 38.3 Å². The average Bonchev–Trinajstić information content (AvgIpc) is 3.21. The van der Waals surface area contributed by atoms with E-state index in [2.05, 4.69) is 46.5 Å². The Morgan fingerprint density at radius 2 is 1.91 bits per heavy atom. The van der Waals surface area contributed by atoms with Crippen molar-refractivity contribution in [3.8, 4) is 11.3 Å². The molecule has 124 valence electrons. The number of likely N-dealkylation sites (N-methyl/N-ethyl adjacent to an activating group) is 1. The highest BCUT2D eigenvalue weighted by Gasteiger charge is 2.24. The Bertz CT molecular complexity index is 603. The number of nitrogens with zero attached hydrogens (tertiary/aromatic N) is 3. The quantitative estimate of drug-likeness (QED) is 0.796. The van der Waals surface area contributed by atoms with Crippen LogP contribution in [-0.4, -0.2) is 50.3 Å². The van der Waals surface area contributed by atoms with Crippen LogP contribution in [0.5, 0.6) is 0 Å². The van der Waals surface area contributed by atoms with E-state index in [0.717, 1.165) is 49.9 Å². The maximum Gasteiger partial charge on any atom is 0.232 e. The normalized spacial score (nSPS) is 14.8. The van der Waals surface area contributed by atoms with Crippen molar-refractivity contribution >= 4 is 5.88 Å². The number of anilines is 1. The van der Waals surface area contributed by atoms with E-state index in [1.54, 1.807) is 0 Å². The predicted molar refractivity (Wildman–Crippen MR) is 93.6 cm³/mol. The van der Waals surface area contributed by atoms with Gasteiger partial charge in [0.2, 0.25) is 5.88 Å². The summed E-state index contributed by atoms with van der Waals surface area (Å²) in [6.07, 6.45) is 2.46. The maximum atomic E-state index is 5.74. The summed E-state index contributed by atoms with van der Waals surface area (Å²) < 4.78 is 5.74. The third kappa shape index (κ3) is 3.92. The van der Waals surface area contributed by atoms with Gasteiger partial charge in [-0.1, -0.05) is 35.5 Å². The van der Waals surface area contributed by atoms with Gasteiger partial charge in [-0.3, -0.25) is 0 Å². The van der Waals surface area contributed by atoms with Crippen LogP contribution >= 0.6 is 0 Å². The fraction of sp³-hybridized carbons (Fsp3) is 0.500. The highest BCUT2D eigenvalue weighted by Crippen LogP contribution is 2.32. The fourth-order valence-electron chi connectivity index (χ4n) is 2.97. The van der Waals surface area contributed by atoms with Gasteiger partial charge in [-0.2, -0.15) is 0 Å². The summed E-state index contributed by atoms with van der Waals surface area (Å²) in [5, 5.41) is 7.90. The summed E-state index contributed by atoms with van der Waals surface area (Å²) in [6.45, 7) is 4.88. The molecule has 1 aromatic heterocycles. The first-order chi connectivity index (χ1) is 11.3. The van der Waals surface area contributed by atoms with Gasteiger partial charge >= 0.3 is 0 Å². The zero-order valence-electron chi connectivity index (χ0n) is 14.1. The Hall–Kier alpha value is -1.85. The van der Waals surface area contributed by atoms with Gasteiger partial charge in [-0.05, 0) is 26.9 Å². The lowest BCUT2D eigenvalue weighted by atomic mass is 10.1. The minimum Gasteiger partial charge on any atom is -0.340 e. The average molecular weight is 314 g/mol. The lowest BCUT2D eigenvalue weighted by Gasteiger charge is -2.16. The molecule has 0 radical (unpaired) electrons. The van der Waals surface area contributed by atoms with Crippen LogP contribution in [0.1, 0.15) is 18.4 Å². The Morgan fingerprint density at radius 1 is 1.17 bits per heavy atom. The number of hydrogen-bond acceptors (Lipinski definition) is 5. The SMILES string of the molecule is CN(C)CCNCc1c(-c2ccccc2)noc1N1CCCC1. The van der Waals surface area contributed by atoms with Crippen molar-refractivity contribution in [2.24, 2.45) is 0 Å². The standard InChI is InChI=1S/C18H26N4O/c1-21(2)13-10-19-14-16-17(15-8-4-3-5-9-15)20-23-18(16)22-11-6-7-12-22/h3-5,8-9,19H,6-7,10-14H2,1-2H3. The molecule has 0 amide bonds. The first kappa shape index (κ1) is 16.0. The van der Waals surface area contributed by atoms with Gasteiger partial charge in [0.25, 0.3) is 0 Å². The van der Waals surface area contributed by atoms with Crippen LogP contribution in [0.3, 0.4) is 0 Å². The summed E-state index contributed by atoms with van der Waals surface area (Å²) in [4.78, 5) is 4.50. The molecular formula is C18H26N4O. The Kier molecular flexibility index (Phi) is 5.31. The third-order valence-electron chi connectivity index (χ3n) is 4.25. The lowest BCUT2D eigenvalue weighted by molar-refractivity contribution is 0.399. The van der Waals surface area contributed by atoms with Crippen LogP contribution in [0.25, 0.3) is 11.3 Å². The van der Waals surface area contributed by atoms with Gasteiger partial charge < -0.3 is 19.6 Å². The minimum atomic E-state index is 0.785. The van der Waals surface area contributed by atoms with Gasteiger partial charge in [-0.25, -0.2) is 0 Å². The second-order valence-electron chi connectivity index (χ2n) is 6.36. The van der Waals surface area contributed by atoms with Crippen molar-refractivity contribution in [1.29, 1.82) is 0 Å². The van der Waals surface area contributed by atoms with Crippen LogP contribution in [0.4, 0.5) is 5.88 Å². The maximum absolute atomic E-state index is 5.74. The first-order valence-electron chi connectivity index (χ1n) is 8.40. The highest BCUT2D eigenvalue weighted by atomic mass is 16.5. The molecule has 1 saturated heterocycles. The minimum absolute atomic E-state index is 0.785. The highest BCUT2D eigenvalue weighted by molar-refractivity contribution is 5.68. The molecule has 0 saturated carbocycles. The summed E-state index contributed by atoms with van der Waals surface area (Å²) in [5.41, 5.74) is 3.26. The molecular weight excluding hydrogens is 288 g/mol. The Balaban J connectivity index is 1.81. The van der Waals surface area contributed by atoms with Gasteiger partial charge in [0.1, 0.15) is 5.69 Å². The molecule has 1 fully saturated rings. The monoisotopic (exact) mass is 314 g/mol. The van der Waals surface area contributed by atoms with E-state index in [1.807, 2.05) is 18.2 Å². The predicted octanol–water partition coefficient (Wildman–Crippen LogP) is 2.59. The number of rotatable bonds is 7. The van der Waals surface area contributed by atoms with Gasteiger partial charge in [0.05, 0.1) is 5.56 Å². The van der Waals surface area contributed by atoms with E-state index in [9.17, 15) is 0 Å². The molecule has 1 aromatic carbocycles. The molecule has 1 aliphatic heterocycles. The second kappa shape index (κ2) is 7.62. The van der Waals surface area contributed by atoms with Crippen molar-refractivity contribution in [3.05, 3.63) is 35.9 Å². The summed E-state index contributed by atoms with van der Waals surface area (Å²) >= 11 is 0. The van der Waals surface area contributed by atoms with Crippen molar-refractivity contribution in [3.63, 3.8) is 0 Å². The largest absolute Gasteiger partial charge is 0.340 e. The van der Waals surface area contributed by atoms with E-state index in [4.69, 9.17) is 4.52 Å². The molecule has 1 N–H and O–H groups in total. The first-order valence-corrected chi connectivity index (χ1v) is 8.40. The van der Waals surface area contributed by atoms with Crippen molar-refractivity contribution in [1.82, 2.24) is 15.4 Å². The second-order valence-corrected chi connectivity index (χ2v) is 6.36. The molecule has 0 unspecified atom stereocenters. The van der Waals surface area contributed by atoms with Crippen LogP contribution in [0.2, 0.25) is 0 Å². The van der Waals surface area contributed by atoms with Crippen molar-refractivity contribution in [2.45, 2.75) is 19.4 Å². The molecule has 0 aliphatic carbocycles. The molecule has 2 heterocycles. The molecule has 5 heteroatoms. The topological polar surface area (TPSA) is 44.5 Å². The molecule has 1 aliphatic rings. The number of hydrogen-bond donors (Lipinski definition) is 1. The third-order valence-corrected chi connectivity index (χ3v) is 4.25. The molecule has 2 aromatic rings. The fourth-order valence-corrected chi connectivity index (χ4v) is 2.97. The van der Waals surface area contributed by atoms with Crippen LogP contribution in [0.15, 0.2) is 34.9 Å². The van der Waals surface area contributed by atoms with Crippen LogP contribution in [-0.2, 0) is 6.54 Å². The zero-order chi connectivity index (χ0) is 16.1. The van der Waals surface area contributed by atoms with Gasteiger partial charge in [0.15, 0.2) is 0 Å². The van der Waals surface area contributed by atoms with Gasteiger partial charge in [-0.15, -0.1) is 0 Å². The van der Waals surface area contributed by atoms with Crippen LogP contribution in [0, 0.1) is 0 Å². The van der Waals surface area contributed by atoms with Crippen LogP contribution < -0.4 is 10.2 Å². The number of benzene rings is 1. The molecule has 3 rings (SSSR count). The Labute approximate surface area is 138 Å². The lowest BCUT2D eigenvalue weighted by Crippen LogP contribution is -2.27. The molecule has 23 heavy (non-hydrogen) atoms. The summed E-state index contributed by atoms with van der Waals surface area (Å²) in [5.74, 6) is 0.943. The number of nitrogens with one attached hydrogen (secondary N) is 1. The number of aromatic nitrogens is 1. The van der Waals surface area contributed by atoms with E-state index in [1.165, 1.54) is 18.4 Å². The van der Waals surface area contributed by atoms with E-state index in [-0.39, 0.29) is 0 Å². The zero-order valence-corrected chi connectivity index (χ0v) is 14.1. The summed E-state index contributed by atoms with van der Waals surface area (Å²) in [7, 11) is 4.18. The molecule has 0 atom stereocenters. The van der Waals surface area contributed by atoms with Crippen molar-refractivity contribution in [2.75, 3.05) is 45.2 Å². The Morgan fingerprint density at radius 3 is 2.61 bits per heavy atom. The smallest absolute Gasteiger partial charge is 0.232 e. The van der Waals surface area contributed by atoms with Crippen molar-refractivity contribution < 1.29 is 4.52 Å². The van der Waals surface area contributed by atoms with E-state index >= 15 is 0 Å².